The number of halogens is 6. The van der Waals surface area contributed by atoms with Gasteiger partial charge in [-0.15, -0.1) is 0 Å². The number of hydrogen-bond acceptors (Lipinski definition) is 4. The summed E-state index contributed by atoms with van der Waals surface area (Å²) >= 11 is 0. The van der Waals surface area contributed by atoms with E-state index in [0.717, 1.165) is 34.8 Å². The van der Waals surface area contributed by atoms with Crippen LogP contribution in [0, 0.1) is 5.92 Å². The zero-order valence-electron chi connectivity index (χ0n) is 23.2. The molecule has 1 aliphatic carbocycles. The number of benzene rings is 2. The fourth-order valence-electron chi connectivity index (χ4n) is 6.39. The van der Waals surface area contributed by atoms with Crippen LogP contribution in [0.2, 0.25) is 0 Å². The second-order valence-electron chi connectivity index (χ2n) is 12.3. The molecule has 0 spiro atoms. The van der Waals surface area contributed by atoms with Crippen molar-refractivity contribution >= 4 is 23.6 Å². The molecule has 0 saturated heterocycles. The Balaban J connectivity index is 1.67. The summed E-state index contributed by atoms with van der Waals surface area (Å²) in [6.45, 7) is 6.53. The Morgan fingerprint density at radius 1 is 0.619 bits per heavy atom. The maximum atomic E-state index is 14.9. The molecule has 6 nitrogen and oxygen atoms in total. The number of hydrogen-bond donors (Lipinski definition) is 0. The van der Waals surface area contributed by atoms with E-state index < -0.39 is 75.2 Å². The number of fused-ring (bicyclic) bond motifs is 2. The summed E-state index contributed by atoms with van der Waals surface area (Å²) in [5.74, 6) is -3.18. The summed E-state index contributed by atoms with van der Waals surface area (Å²) in [5, 5.41) is 0. The number of rotatable bonds is 3. The lowest BCUT2D eigenvalue weighted by molar-refractivity contribution is -0.288. The topological polar surface area (TPSA) is 74.8 Å². The molecule has 0 unspecified atom stereocenters. The van der Waals surface area contributed by atoms with Crippen molar-refractivity contribution in [3.63, 3.8) is 0 Å². The molecule has 5 rings (SSSR count). The minimum atomic E-state index is -6.01. The highest BCUT2D eigenvalue weighted by Crippen LogP contribution is 2.57. The van der Waals surface area contributed by atoms with Gasteiger partial charge in [-0.2, -0.15) is 26.3 Å². The van der Waals surface area contributed by atoms with Gasteiger partial charge < -0.3 is 0 Å². The van der Waals surface area contributed by atoms with Gasteiger partial charge in [-0.05, 0) is 87.8 Å². The molecule has 1 fully saturated rings. The Kier molecular flexibility index (Phi) is 6.67. The predicted octanol–water partition coefficient (Wildman–Crippen LogP) is 6.67. The molecular formula is C30H28F6N2O4. The summed E-state index contributed by atoms with van der Waals surface area (Å²) in [5.41, 5.74) is -10.2. The number of amides is 4. The molecule has 2 aromatic rings. The summed E-state index contributed by atoms with van der Waals surface area (Å²) in [6, 6.07) is 3.15. The first-order chi connectivity index (χ1) is 19.3. The van der Waals surface area contributed by atoms with Crippen molar-refractivity contribution in [3.8, 4) is 0 Å². The largest absolute Gasteiger partial charge is 0.411 e. The monoisotopic (exact) mass is 594 g/mol. The molecule has 2 aromatic carbocycles. The lowest BCUT2D eigenvalue weighted by Crippen LogP contribution is -2.55. The molecule has 0 N–H and O–H groups in total. The van der Waals surface area contributed by atoms with Gasteiger partial charge in [0.1, 0.15) is 0 Å². The zero-order valence-corrected chi connectivity index (χ0v) is 23.2. The van der Waals surface area contributed by atoms with Crippen LogP contribution in [0.5, 0.6) is 0 Å². The second kappa shape index (κ2) is 9.40. The number of imide groups is 2. The summed E-state index contributed by atoms with van der Waals surface area (Å²) in [7, 11) is 0. The molecule has 0 atom stereocenters. The van der Waals surface area contributed by atoms with E-state index in [0.29, 0.717) is 43.0 Å². The first-order valence-electron chi connectivity index (χ1n) is 13.5. The zero-order chi connectivity index (χ0) is 31.2. The smallest absolute Gasteiger partial charge is 0.271 e. The highest BCUT2D eigenvalue weighted by atomic mass is 19.4. The third-order valence-electron chi connectivity index (χ3n) is 8.54. The average Bonchev–Trinajstić information content (AvgIpc) is 3.27. The third-order valence-corrected chi connectivity index (χ3v) is 8.54. The van der Waals surface area contributed by atoms with Crippen LogP contribution in [0.1, 0.15) is 106 Å². The van der Waals surface area contributed by atoms with Gasteiger partial charge in [0, 0.05) is 11.6 Å². The number of carbonyl (C=O) groups is 4. The molecule has 3 aliphatic rings. The van der Waals surface area contributed by atoms with Crippen molar-refractivity contribution in [3.05, 3.63) is 69.8 Å². The van der Waals surface area contributed by atoms with Crippen molar-refractivity contribution in [1.82, 2.24) is 9.80 Å². The molecule has 224 valence electrons. The maximum Gasteiger partial charge on any atom is 0.411 e. The van der Waals surface area contributed by atoms with E-state index in [1.807, 2.05) is 6.92 Å². The van der Waals surface area contributed by atoms with E-state index >= 15 is 0 Å². The fraction of sp³-hybridized carbons (Fsp3) is 0.467. The molecule has 42 heavy (non-hydrogen) atoms. The van der Waals surface area contributed by atoms with E-state index in [2.05, 4.69) is 0 Å². The maximum absolute atomic E-state index is 14.9. The Hall–Kier alpha value is -3.70. The third kappa shape index (κ3) is 4.16. The number of alkyl halides is 6. The predicted molar refractivity (Wildman–Crippen MR) is 138 cm³/mol. The summed E-state index contributed by atoms with van der Waals surface area (Å²) in [6.07, 6.45) is -9.59. The lowest BCUT2D eigenvalue weighted by atomic mass is 9.71. The molecule has 1 saturated carbocycles. The van der Waals surface area contributed by atoms with Gasteiger partial charge in [0.05, 0.1) is 22.3 Å². The highest BCUT2D eigenvalue weighted by molar-refractivity contribution is 6.22. The van der Waals surface area contributed by atoms with Gasteiger partial charge in [0.2, 0.25) is 5.41 Å². The summed E-state index contributed by atoms with van der Waals surface area (Å²) in [4.78, 5) is 54.1. The number of carbonyl (C=O) groups excluding carboxylic acids is 4. The van der Waals surface area contributed by atoms with Crippen LogP contribution in [0.4, 0.5) is 26.3 Å². The van der Waals surface area contributed by atoms with E-state index in [1.54, 1.807) is 0 Å². The normalized spacial score (nSPS) is 21.8. The van der Waals surface area contributed by atoms with Crippen molar-refractivity contribution in [2.75, 3.05) is 0 Å². The van der Waals surface area contributed by atoms with E-state index in [-0.39, 0.29) is 11.1 Å². The molecule has 0 bridgehead atoms. The Morgan fingerprint density at radius 3 is 1.48 bits per heavy atom. The molecule has 12 heteroatoms. The van der Waals surface area contributed by atoms with Crippen molar-refractivity contribution in [2.24, 2.45) is 5.92 Å². The van der Waals surface area contributed by atoms with Crippen LogP contribution in [0.3, 0.4) is 0 Å². The highest BCUT2D eigenvalue weighted by Gasteiger charge is 2.73. The van der Waals surface area contributed by atoms with E-state index in [4.69, 9.17) is 0 Å². The minimum Gasteiger partial charge on any atom is -0.271 e. The molecule has 2 aliphatic heterocycles. The van der Waals surface area contributed by atoms with Crippen LogP contribution < -0.4 is 0 Å². The van der Waals surface area contributed by atoms with Crippen molar-refractivity contribution in [1.29, 1.82) is 0 Å². The van der Waals surface area contributed by atoms with Gasteiger partial charge in [-0.25, -0.2) is 0 Å². The second-order valence-corrected chi connectivity index (χ2v) is 12.3. The Morgan fingerprint density at radius 2 is 1.02 bits per heavy atom. The van der Waals surface area contributed by atoms with Gasteiger partial charge >= 0.3 is 12.4 Å². The Bertz CT molecular complexity index is 1500. The molecule has 0 radical (unpaired) electrons. The van der Waals surface area contributed by atoms with E-state index in [9.17, 15) is 45.5 Å². The summed E-state index contributed by atoms with van der Waals surface area (Å²) < 4.78 is 89.5. The average molecular weight is 595 g/mol. The van der Waals surface area contributed by atoms with Gasteiger partial charge in [-0.1, -0.05) is 19.1 Å². The standard InChI is InChI=1S/C30H28F6N2O4/c1-15-5-9-18(10-6-15)37-23(39)19-11-7-16(13-21(19)24(37)40)28(29(31,32)33,30(34,35)36)17-8-12-20-22(14-17)26(42)38(25(20)41)27(2,3)4/h7-8,11-15,18H,5-6,9-10H2,1-4H3. The van der Waals surface area contributed by atoms with Crippen molar-refractivity contribution < 1.29 is 45.5 Å². The first-order valence-corrected chi connectivity index (χ1v) is 13.5. The van der Waals surface area contributed by atoms with Crippen LogP contribution >= 0.6 is 0 Å². The van der Waals surface area contributed by atoms with Gasteiger partial charge in [-0.3, -0.25) is 29.0 Å². The Labute approximate surface area is 237 Å². The van der Waals surface area contributed by atoms with E-state index in [1.165, 1.54) is 20.8 Å². The van der Waals surface area contributed by atoms with Crippen LogP contribution in [0.25, 0.3) is 0 Å². The molecular weight excluding hydrogens is 566 g/mol. The SMILES string of the molecule is CC1CCC(N2C(=O)c3ccc(C(c4ccc5c(c4)C(=O)N(C(C)(C)C)C5=O)(C(F)(F)F)C(F)(F)F)cc3C2=O)CC1. The van der Waals surface area contributed by atoms with Gasteiger partial charge in [0.25, 0.3) is 23.6 Å². The fourth-order valence-corrected chi connectivity index (χ4v) is 6.39. The molecule has 0 aromatic heterocycles. The first kappa shape index (κ1) is 29.8. The number of nitrogens with zero attached hydrogens (tertiary/aromatic N) is 2. The van der Waals surface area contributed by atoms with Crippen LogP contribution in [-0.2, 0) is 5.41 Å². The molecule has 4 amide bonds. The van der Waals surface area contributed by atoms with Crippen LogP contribution in [0.15, 0.2) is 36.4 Å². The quantitative estimate of drug-likeness (QED) is 0.294. The van der Waals surface area contributed by atoms with Crippen molar-refractivity contribution in [2.45, 2.75) is 82.7 Å². The minimum absolute atomic E-state index is 0.267. The lowest BCUT2D eigenvalue weighted by Gasteiger charge is -2.38. The van der Waals surface area contributed by atoms with Crippen LogP contribution in [-0.4, -0.2) is 57.4 Å². The molecule has 2 heterocycles. The van der Waals surface area contributed by atoms with Gasteiger partial charge in [0.15, 0.2) is 0 Å².